The number of halogens is 1. The summed E-state index contributed by atoms with van der Waals surface area (Å²) in [5.41, 5.74) is 8.03. The Morgan fingerprint density at radius 3 is 2.68 bits per heavy atom. The Hall–Kier alpha value is -1.62. The molecule has 5 heteroatoms. The van der Waals surface area contributed by atoms with Crippen LogP contribution in [-0.2, 0) is 6.54 Å². The van der Waals surface area contributed by atoms with Gasteiger partial charge in [-0.3, -0.25) is 0 Å². The molecule has 0 amide bonds. The van der Waals surface area contributed by atoms with Gasteiger partial charge < -0.3 is 10.6 Å². The van der Waals surface area contributed by atoms with E-state index in [0.717, 1.165) is 22.4 Å². The lowest BCUT2D eigenvalue weighted by Gasteiger charge is -2.21. The summed E-state index contributed by atoms with van der Waals surface area (Å²) < 4.78 is 1.08. The molecule has 0 unspecified atom stereocenters. The van der Waals surface area contributed by atoms with Gasteiger partial charge in [-0.05, 0) is 31.5 Å². The van der Waals surface area contributed by atoms with Gasteiger partial charge in [0.05, 0.1) is 0 Å². The fraction of sp³-hybridized carbons (Fsp3) is 0.286. The monoisotopic (exact) mass is 320 g/mol. The number of anilines is 2. The maximum Gasteiger partial charge on any atom is 0.137 e. The fourth-order valence-corrected chi connectivity index (χ4v) is 2.44. The molecule has 100 valence electrons. The number of hydrogen-bond donors (Lipinski definition) is 1. The van der Waals surface area contributed by atoms with Crippen LogP contribution >= 0.6 is 15.9 Å². The number of rotatable bonds is 3. The van der Waals surface area contributed by atoms with Crippen LogP contribution in [-0.4, -0.2) is 17.0 Å². The molecule has 0 aliphatic rings. The normalized spacial score (nSPS) is 10.5. The van der Waals surface area contributed by atoms with E-state index >= 15 is 0 Å². The maximum atomic E-state index is 5.89. The summed E-state index contributed by atoms with van der Waals surface area (Å²) in [5.74, 6) is 2.12. The Bertz CT molecular complexity index is 598. The quantitative estimate of drug-likeness (QED) is 0.944. The average molecular weight is 321 g/mol. The zero-order chi connectivity index (χ0) is 14.0. The van der Waals surface area contributed by atoms with E-state index in [1.54, 1.807) is 0 Å². The van der Waals surface area contributed by atoms with E-state index in [2.05, 4.69) is 42.9 Å². The molecule has 0 spiro atoms. The lowest BCUT2D eigenvalue weighted by Crippen LogP contribution is -2.20. The van der Waals surface area contributed by atoms with Crippen LogP contribution in [0.4, 0.5) is 11.6 Å². The molecule has 4 nitrogen and oxygen atoms in total. The van der Waals surface area contributed by atoms with Gasteiger partial charge >= 0.3 is 0 Å². The number of aromatic nitrogens is 2. The van der Waals surface area contributed by atoms with Crippen molar-refractivity contribution in [2.45, 2.75) is 20.4 Å². The van der Waals surface area contributed by atoms with Crippen molar-refractivity contribution in [1.82, 2.24) is 9.97 Å². The third kappa shape index (κ3) is 3.23. The Balaban J connectivity index is 2.27. The number of benzene rings is 1. The number of nitrogen functional groups attached to an aromatic ring is 1. The lowest BCUT2D eigenvalue weighted by atomic mass is 10.2. The van der Waals surface area contributed by atoms with Gasteiger partial charge in [-0.1, -0.05) is 28.1 Å². The molecule has 0 aliphatic carbocycles. The Kier molecular flexibility index (Phi) is 4.04. The molecule has 2 N–H and O–H groups in total. The van der Waals surface area contributed by atoms with Gasteiger partial charge in [-0.25, -0.2) is 9.97 Å². The molecule has 0 fully saturated rings. The SMILES string of the molecule is Cc1nc(N)c(C)c(N(C)Cc2cccc(Br)c2)n1. The van der Waals surface area contributed by atoms with Crippen molar-refractivity contribution in [2.24, 2.45) is 0 Å². The smallest absolute Gasteiger partial charge is 0.137 e. The summed E-state index contributed by atoms with van der Waals surface area (Å²) in [6.45, 7) is 4.57. The van der Waals surface area contributed by atoms with Crippen LogP contribution in [0.25, 0.3) is 0 Å². The third-order valence-corrected chi connectivity index (χ3v) is 3.43. The summed E-state index contributed by atoms with van der Waals surface area (Å²) >= 11 is 3.48. The van der Waals surface area contributed by atoms with E-state index in [0.29, 0.717) is 11.6 Å². The molecule has 1 aromatic carbocycles. The minimum Gasteiger partial charge on any atom is -0.383 e. The first-order chi connectivity index (χ1) is 8.97. The van der Waals surface area contributed by atoms with Crippen molar-refractivity contribution < 1.29 is 0 Å². The molecule has 19 heavy (non-hydrogen) atoms. The summed E-state index contributed by atoms with van der Waals surface area (Å²) in [4.78, 5) is 10.7. The van der Waals surface area contributed by atoms with Crippen molar-refractivity contribution in [1.29, 1.82) is 0 Å². The van der Waals surface area contributed by atoms with E-state index in [9.17, 15) is 0 Å². The Labute approximate surface area is 121 Å². The predicted octanol–water partition coefficient (Wildman–Crippen LogP) is 3.07. The van der Waals surface area contributed by atoms with Gasteiger partial charge in [0.1, 0.15) is 17.5 Å². The molecule has 0 aliphatic heterocycles. The maximum absolute atomic E-state index is 5.89. The highest BCUT2D eigenvalue weighted by molar-refractivity contribution is 9.10. The van der Waals surface area contributed by atoms with Gasteiger partial charge in [0.15, 0.2) is 0 Å². The van der Waals surface area contributed by atoms with Gasteiger partial charge in [0.2, 0.25) is 0 Å². The minimum atomic E-state index is 0.545. The Morgan fingerprint density at radius 2 is 2.00 bits per heavy atom. The second kappa shape index (κ2) is 5.57. The lowest BCUT2D eigenvalue weighted by molar-refractivity contribution is 0.871. The standard InChI is InChI=1S/C14H17BrN4/c1-9-13(16)17-10(2)18-14(9)19(3)8-11-5-4-6-12(15)7-11/h4-7H,8H2,1-3H3,(H2,16,17,18). The summed E-state index contributed by atoms with van der Waals surface area (Å²) in [6.07, 6.45) is 0. The third-order valence-electron chi connectivity index (χ3n) is 2.94. The zero-order valence-corrected chi connectivity index (χ0v) is 12.9. The molecular weight excluding hydrogens is 304 g/mol. The summed E-state index contributed by atoms with van der Waals surface area (Å²) in [6, 6.07) is 8.23. The topological polar surface area (TPSA) is 55.0 Å². The van der Waals surface area contributed by atoms with E-state index < -0.39 is 0 Å². The van der Waals surface area contributed by atoms with E-state index in [1.165, 1.54) is 5.56 Å². The molecule has 2 aromatic rings. The first-order valence-electron chi connectivity index (χ1n) is 6.03. The average Bonchev–Trinajstić information content (AvgIpc) is 2.33. The highest BCUT2D eigenvalue weighted by Gasteiger charge is 2.11. The number of nitrogens with zero attached hydrogens (tertiary/aromatic N) is 3. The van der Waals surface area contributed by atoms with Crippen LogP contribution in [0.3, 0.4) is 0 Å². The highest BCUT2D eigenvalue weighted by atomic mass is 79.9. The molecule has 2 rings (SSSR count). The van der Waals surface area contributed by atoms with Crippen LogP contribution in [0.1, 0.15) is 17.0 Å². The van der Waals surface area contributed by atoms with Gasteiger partial charge in [0.25, 0.3) is 0 Å². The molecule has 0 saturated heterocycles. The first-order valence-corrected chi connectivity index (χ1v) is 6.83. The van der Waals surface area contributed by atoms with Gasteiger partial charge in [0, 0.05) is 23.6 Å². The summed E-state index contributed by atoms with van der Waals surface area (Å²) in [5, 5.41) is 0. The van der Waals surface area contributed by atoms with Crippen molar-refractivity contribution in [2.75, 3.05) is 17.7 Å². The van der Waals surface area contributed by atoms with Crippen LogP contribution in [0.5, 0.6) is 0 Å². The van der Waals surface area contributed by atoms with Crippen molar-refractivity contribution in [3.63, 3.8) is 0 Å². The van der Waals surface area contributed by atoms with Crippen LogP contribution in [0, 0.1) is 13.8 Å². The van der Waals surface area contributed by atoms with Crippen molar-refractivity contribution >= 4 is 27.6 Å². The fourth-order valence-electron chi connectivity index (χ4n) is 1.99. The van der Waals surface area contributed by atoms with Gasteiger partial charge in [-0.2, -0.15) is 0 Å². The minimum absolute atomic E-state index is 0.545. The molecule has 0 saturated carbocycles. The van der Waals surface area contributed by atoms with Crippen molar-refractivity contribution in [3.05, 3.63) is 45.7 Å². The second-order valence-electron chi connectivity index (χ2n) is 4.59. The first kappa shape index (κ1) is 13.8. The van der Waals surface area contributed by atoms with Crippen molar-refractivity contribution in [3.8, 4) is 0 Å². The molecule has 0 atom stereocenters. The number of hydrogen-bond acceptors (Lipinski definition) is 4. The number of nitrogens with two attached hydrogens (primary N) is 1. The molecule has 0 bridgehead atoms. The van der Waals surface area contributed by atoms with Crippen LogP contribution in [0.2, 0.25) is 0 Å². The molecule has 0 radical (unpaired) electrons. The highest BCUT2D eigenvalue weighted by Crippen LogP contribution is 2.22. The molecular formula is C14H17BrN4. The second-order valence-corrected chi connectivity index (χ2v) is 5.51. The largest absolute Gasteiger partial charge is 0.383 e. The van der Waals surface area contributed by atoms with Crippen LogP contribution in [0.15, 0.2) is 28.7 Å². The van der Waals surface area contributed by atoms with E-state index in [1.807, 2.05) is 33.0 Å². The Morgan fingerprint density at radius 1 is 1.26 bits per heavy atom. The molecule has 1 heterocycles. The summed E-state index contributed by atoms with van der Waals surface area (Å²) in [7, 11) is 2.01. The number of aryl methyl sites for hydroxylation is 1. The van der Waals surface area contributed by atoms with E-state index in [-0.39, 0.29) is 0 Å². The van der Waals surface area contributed by atoms with E-state index in [4.69, 9.17) is 5.73 Å². The zero-order valence-electron chi connectivity index (χ0n) is 11.3. The predicted molar refractivity (Wildman–Crippen MR) is 82.2 cm³/mol. The van der Waals surface area contributed by atoms with Gasteiger partial charge in [-0.15, -0.1) is 0 Å². The van der Waals surface area contributed by atoms with Crippen LogP contribution < -0.4 is 10.6 Å². The molecule has 1 aromatic heterocycles.